The molecule has 0 unspecified atom stereocenters. The number of hydrogen-bond donors (Lipinski definition) is 1. The summed E-state index contributed by atoms with van der Waals surface area (Å²) >= 11 is 0. The van der Waals surface area contributed by atoms with Gasteiger partial charge in [0, 0.05) is 13.1 Å². The Morgan fingerprint density at radius 3 is 2.37 bits per heavy atom. The van der Waals surface area contributed by atoms with Gasteiger partial charge in [0.2, 0.25) is 0 Å². The van der Waals surface area contributed by atoms with Gasteiger partial charge < -0.3 is 9.52 Å². The summed E-state index contributed by atoms with van der Waals surface area (Å²) in [5, 5.41) is 10.0. The number of aliphatic hydroxyl groups is 1. The van der Waals surface area contributed by atoms with E-state index >= 15 is 0 Å². The molecule has 19 heavy (non-hydrogen) atoms. The summed E-state index contributed by atoms with van der Waals surface area (Å²) in [4.78, 5) is 2.19. The van der Waals surface area contributed by atoms with Gasteiger partial charge in [0.05, 0.1) is 18.4 Å². The third-order valence-electron chi connectivity index (χ3n) is 2.82. The topological polar surface area (TPSA) is 36.6 Å². The molecule has 102 valence electrons. The lowest BCUT2D eigenvalue weighted by Gasteiger charge is -2.28. The highest BCUT2D eigenvalue weighted by Gasteiger charge is 2.19. The summed E-state index contributed by atoms with van der Waals surface area (Å²) in [6.07, 6.45) is 1.68. The second-order valence-electron chi connectivity index (χ2n) is 5.52. The van der Waals surface area contributed by atoms with E-state index in [1.54, 1.807) is 6.26 Å². The molecule has 3 heteroatoms. The van der Waals surface area contributed by atoms with Crippen LogP contribution in [0.15, 0.2) is 53.1 Å². The van der Waals surface area contributed by atoms with Crippen LogP contribution in [0.2, 0.25) is 0 Å². The minimum absolute atomic E-state index is 0.600. The summed E-state index contributed by atoms with van der Waals surface area (Å²) in [6.45, 7) is 5.75. The average Bonchev–Trinajstić information content (AvgIpc) is 2.81. The molecule has 1 N–H and O–H groups in total. The number of furan rings is 1. The minimum atomic E-state index is -0.721. The highest BCUT2D eigenvalue weighted by molar-refractivity contribution is 5.14. The Kier molecular flexibility index (Phi) is 4.40. The van der Waals surface area contributed by atoms with Gasteiger partial charge in [0.25, 0.3) is 0 Å². The first-order valence-corrected chi connectivity index (χ1v) is 6.54. The smallest absolute Gasteiger partial charge is 0.117 e. The molecule has 0 aliphatic rings. The van der Waals surface area contributed by atoms with Crippen molar-refractivity contribution >= 4 is 0 Å². The maximum absolute atomic E-state index is 10.0. The van der Waals surface area contributed by atoms with Crippen LogP contribution in [0.3, 0.4) is 0 Å². The van der Waals surface area contributed by atoms with Crippen LogP contribution < -0.4 is 0 Å². The summed E-state index contributed by atoms with van der Waals surface area (Å²) in [7, 11) is 0. The highest BCUT2D eigenvalue weighted by Crippen LogP contribution is 2.14. The standard InChI is InChI=1S/C16H21NO2/c1-16(2,18)13-17(12-15-9-6-10-19-15)11-14-7-4-3-5-8-14/h3-10,18H,11-13H2,1-2H3. The van der Waals surface area contributed by atoms with E-state index in [2.05, 4.69) is 17.0 Å². The number of nitrogens with zero attached hydrogens (tertiary/aromatic N) is 1. The van der Waals surface area contributed by atoms with Crippen LogP contribution in [0.1, 0.15) is 25.2 Å². The zero-order chi connectivity index (χ0) is 13.7. The van der Waals surface area contributed by atoms with Crippen molar-refractivity contribution in [3.63, 3.8) is 0 Å². The second kappa shape index (κ2) is 6.04. The average molecular weight is 259 g/mol. The Morgan fingerprint density at radius 1 is 1.05 bits per heavy atom. The largest absolute Gasteiger partial charge is 0.468 e. The molecule has 0 fully saturated rings. The molecule has 2 aromatic rings. The molecule has 0 saturated carbocycles. The van der Waals surface area contributed by atoms with Crippen LogP contribution >= 0.6 is 0 Å². The van der Waals surface area contributed by atoms with Gasteiger partial charge in [-0.3, -0.25) is 4.90 Å². The lowest BCUT2D eigenvalue weighted by Crippen LogP contribution is -2.37. The third-order valence-corrected chi connectivity index (χ3v) is 2.82. The van der Waals surface area contributed by atoms with Gasteiger partial charge in [-0.05, 0) is 31.5 Å². The number of benzene rings is 1. The fourth-order valence-corrected chi connectivity index (χ4v) is 2.18. The van der Waals surface area contributed by atoms with E-state index < -0.39 is 5.60 Å². The third kappa shape index (κ3) is 4.89. The van der Waals surface area contributed by atoms with Gasteiger partial charge in [0.1, 0.15) is 5.76 Å². The fraction of sp³-hybridized carbons (Fsp3) is 0.375. The van der Waals surface area contributed by atoms with E-state index in [0.29, 0.717) is 13.1 Å². The molecule has 0 spiro atoms. The first-order valence-electron chi connectivity index (χ1n) is 6.54. The first-order chi connectivity index (χ1) is 9.03. The fourth-order valence-electron chi connectivity index (χ4n) is 2.18. The zero-order valence-corrected chi connectivity index (χ0v) is 11.5. The van der Waals surface area contributed by atoms with Gasteiger partial charge >= 0.3 is 0 Å². The summed E-state index contributed by atoms with van der Waals surface area (Å²) < 4.78 is 5.39. The summed E-state index contributed by atoms with van der Waals surface area (Å²) in [5.41, 5.74) is 0.514. The molecule has 0 atom stereocenters. The Morgan fingerprint density at radius 2 is 1.79 bits per heavy atom. The van der Waals surface area contributed by atoms with Crippen molar-refractivity contribution in [1.29, 1.82) is 0 Å². The van der Waals surface area contributed by atoms with Crippen molar-refractivity contribution in [3.05, 3.63) is 60.1 Å². The molecule has 3 nitrogen and oxygen atoms in total. The van der Waals surface area contributed by atoms with E-state index in [-0.39, 0.29) is 0 Å². The molecular formula is C16H21NO2. The van der Waals surface area contributed by atoms with Crippen LogP contribution in [-0.2, 0) is 13.1 Å². The Bertz CT molecular complexity index is 471. The second-order valence-corrected chi connectivity index (χ2v) is 5.52. The van der Waals surface area contributed by atoms with Crippen LogP contribution in [0.4, 0.5) is 0 Å². The lowest BCUT2D eigenvalue weighted by molar-refractivity contribution is 0.0285. The molecule has 1 aromatic carbocycles. The van der Waals surface area contributed by atoms with E-state index in [1.807, 2.05) is 44.2 Å². The van der Waals surface area contributed by atoms with Gasteiger partial charge in [-0.15, -0.1) is 0 Å². The molecule has 0 radical (unpaired) electrons. The van der Waals surface area contributed by atoms with Crippen molar-refractivity contribution in [1.82, 2.24) is 4.90 Å². The van der Waals surface area contributed by atoms with Crippen LogP contribution in [0.25, 0.3) is 0 Å². The van der Waals surface area contributed by atoms with E-state index in [1.165, 1.54) is 5.56 Å². The maximum Gasteiger partial charge on any atom is 0.117 e. The first kappa shape index (κ1) is 13.8. The van der Waals surface area contributed by atoms with E-state index in [0.717, 1.165) is 12.3 Å². The van der Waals surface area contributed by atoms with Crippen molar-refractivity contribution < 1.29 is 9.52 Å². The van der Waals surface area contributed by atoms with Crippen molar-refractivity contribution in [2.45, 2.75) is 32.5 Å². The van der Waals surface area contributed by atoms with Gasteiger partial charge in [-0.2, -0.15) is 0 Å². The normalized spacial score (nSPS) is 12.0. The van der Waals surface area contributed by atoms with Crippen molar-refractivity contribution in [3.8, 4) is 0 Å². The quantitative estimate of drug-likeness (QED) is 0.866. The molecule has 0 amide bonds. The van der Waals surface area contributed by atoms with Crippen LogP contribution in [0.5, 0.6) is 0 Å². The van der Waals surface area contributed by atoms with Crippen LogP contribution in [-0.4, -0.2) is 22.2 Å². The molecule has 2 rings (SSSR count). The molecule has 1 aromatic heterocycles. The summed E-state index contributed by atoms with van der Waals surface area (Å²) in [5.74, 6) is 0.917. The predicted molar refractivity (Wildman–Crippen MR) is 75.6 cm³/mol. The molecule has 1 heterocycles. The Labute approximate surface area is 114 Å². The molecule has 0 aliphatic carbocycles. The molecule has 0 bridgehead atoms. The SMILES string of the molecule is CC(C)(O)CN(Cc1ccccc1)Cc1ccco1. The highest BCUT2D eigenvalue weighted by atomic mass is 16.3. The van der Waals surface area contributed by atoms with Gasteiger partial charge in [-0.1, -0.05) is 30.3 Å². The Hall–Kier alpha value is -1.58. The van der Waals surface area contributed by atoms with Crippen molar-refractivity contribution in [2.24, 2.45) is 0 Å². The monoisotopic (exact) mass is 259 g/mol. The van der Waals surface area contributed by atoms with Crippen molar-refractivity contribution in [2.75, 3.05) is 6.54 Å². The molecule has 0 aliphatic heterocycles. The van der Waals surface area contributed by atoms with E-state index in [9.17, 15) is 5.11 Å². The molecule has 0 saturated heterocycles. The number of rotatable bonds is 6. The minimum Gasteiger partial charge on any atom is -0.468 e. The zero-order valence-electron chi connectivity index (χ0n) is 11.5. The predicted octanol–water partition coefficient (Wildman–Crippen LogP) is 3.05. The summed E-state index contributed by atoms with van der Waals surface area (Å²) in [6, 6.07) is 14.1. The maximum atomic E-state index is 10.0. The van der Waals surface area contributed by atoms with Gasteiger partial charge in [-0.25, -0.2) is 0 Å². The van der Waals surface area contributed by atoms with Gasteiger partial charge in [0.15, 0.2) is 0 Å². The lowest BCUT2D eigenvalue weighted by atomic mass is 10.1. The molecular weight excluding hydrogens is 238 g/mol. The Balaban J connectivity index is 2.05. The van der Waals surface area contributed by atoms with E-state index in [4.69, 9.17) is 4.42 Å². The van der Waals surface area contributed by atoms with Crippen LogP contribution in [0, 0.1) is 0 Å². The number of hydrogen-bond acceptors (Lipinski definition) is 3.